The first kappa shape index (κ1) is 21.7. The van der Waals surface area contributed by atoms with Gasteiger partial charge in [-0.3, -0.25) is 0 Å². The summed E-state index contributed by atoms with van der Waals surface area (Å²) in [5.41, 5.74) is 0. The summed E-state index contributed by atoms with van der Waals surface area (Å²) in [4.78, 5) is 1.01. The van der Waals surface area contributed by atoms with E-state index in [2.05, 4.69) is 46.9 Å². The third kappa shape index (κ3) is 8.20. The SMILES string of the molecule is CCC[CH2][Sn]([CH2]CCC)([CH2]CCC)[CH](NC(C)=S)C(C)C. The maximum absolute atomic E-state index is 5.42. The Balaban J connectivity index is 5.33. The number of thiocarbonyl (C=S) groups is 1. The molecule has 0 heterocycles. The van der Waals surface area contributed by atoms with Crippen LogP contribution in [-0.2, 0) is 0 Å². The monoisotopic (exact) mass is 421 g/mol. The Kier molecular flexibility index (Phi) is 12.6. The topological polar surface area (TPSA) is 12.0 Å². The van der Waals surface area contributed by atoms with Crippen LogP contribution in [0.5, 0.6) is 0 Å². The van der Waals surface area contributed by atoms with Crippen LogP contribution in [0, 0.1) is 5.92 Å². The summed E-state index contributed by atoms with van der Waals surface area (Å²) < 4.78 is 5.41. The Labute approximate surface area is 143 Å². The zero-order valence-corrected chi connectivity index (χ0v) is 19.1. The Morgan fingerprint density at radius 1 is 0.905 bits per heavy atom. The van der Waals surface area contributed by atoms with Crippen LogP contribution in [-0.4, -0.2) is 27.4 Å². The van der Waals surface area contributed by atoms with Crippen LogP contribution in [0.25, 0.3) is 0 Å². The van der Waals surface area contributed by atoms with Gasteiger partial charge in [0.2, 0.25) is 0 Å². The molecule has 1 N–H and O–H groups in total. The number of unbranched alkanes of at least 4 members (excludes halogenated alkanes) is 3. The summed E-state index contributed by atoms with van der Waals surface area (Å²) in [6.07, 6.45) is 8.34. The minimum atomic E-state index is -2.20. The van der Waals surface area contributed by atoms with E-state index in [1.54, 1.807) is 13.3 Å². The van der Waals surface area contributed by atoms with Gasteiger partial charge in [-0.05, 0) is 0 Å². The second-order valence-corrected chi connectivity index (χ2v) is 21.5. The van der Waals surface area contributed by atoms with Crippen molar-refractivity contribution < 1.29 is 0 Å². The summed E-state index contributed by atoms with van der Waals surface area (Å²) in [5, 5.41) is 3.77. The fourth-order valence-corrected chi connectivity index (χ4v) is 23.5. The minimum absolute atomic E-state index is 0.726. The van der Waals surface area contributed by atoms with Crippen molar-refractivity contribution in [2.75, 3.05) is 0 Å². The van der Waals surface area contributed by atoms with Gasteiger partial charge in [0.05, 0.1) is 0 Å². The molecule has 1 unspecified atom stereocenters. The fourth-order valence-electron chi connectivity index (χ4n) is 3.67. The first-order valence-corrected chi connectivity index (χ1v) is 17.3. The summed E-state index contributed by atoms with van der Waals surface area (Å²) in [5.74, 6) is 0.726. The van der Waals surface area contributed by atoms with E-state index in [-0.39, 0.29) is 0 Å². The average molecular weight is 420 g/mol. The summed E-state index contributed by atoms with van der Waals surface area (Å²) in [6, 6.07) is 0. The normalized spacial score (nSPS) is 13.5. The van der Waals surface area contributed by atoms with Crippen LogP contribution in [0.2, 0.25) is 13.3 Å². The second-order valence-electron chi connectivity index (χ2n) is 7.10. The van der Waals surface area contributed by atoms with E-state index in [1.165, 1.54) is 38.5 Å². The molecule has 126 valence electrons. The molecule has 21 heavy (non-hydrogen) atoms. The van der Waals surface area contributed by atoms with Crippen molar-refractivity contribution in [1.82, 2.24) is 5.32 Å². The predicted octanol–water partition coefficient (Wildman–Crippen LogP) is 6.34. The molecule has 0 aromatic carbocycles. The quantitative estimate of drug-likeness (QED) is 0.292. The van der Waals surface area contributed by atoms with E-state index in [9.17, 15) is 0 Å². The van der Waals surface area contributed by atoms with Gasteiger partial charge >= 0.3 is 144 Å². The van der Waals surface area contributed by atoms with Gasteiger partial charge in [-0.2, -0.15) is 0 Å². The van der Waals surface area contributed by atoms with Crippen LogP contribution >= 0.6 is 12.2 Å². The number of nitrogens with one attached hydrogen (secondary N) is 1. The number of rotatable bonds is 12. The summed E-state index contributed by atoms with van der Waals surface area (Å²) in [6.45, 7) is 13.9. The molecular formula is C18H39NSSn. The van der Waals surface area contributed by atoms with Crippen LogP contribution in [0.4, 0.5) is 0 Å². The van der Waals surface area contributed by atoms with Crippen molar-refractivity contribution in [2.24, 2.45) is 5.92 Å². The van der Waals surface area contributed by atoms with Crippen molar-refractivity contribution in [3.63, 3.8) is 0 Å². The molecular weight excluding hydrogens is 381 g/mol. The van der Waals surface area contributed by atoms with E-state index < -0.39 is 18.4 Å². The molecule has 0 aromatic rings. The summed E-state index contributed by atoms with van der Waals surface area (Å²) >= 11 is 3.22. The molecule has 0 rings (SSSR count). The Morgan fingerprint density at radius 3 is 1.52 bits per heavy atom. The van der Waals surface area contributed by atoms with Gasteiger partial charge < -0.3 is 0 Å². The van der Waals surface area contributed by atoms with Gasteiger partial charge in [0.1, 0.15) is 0 Å². The van der Waals surface area contributed by atoms with E-state index in [0.29, 0.717) is 0 Å². The van der Waals surface area contributed by atoms with Crippen LogP contribution in [0.1, 0.15) is 80.1 Å². The Bertz CT molecular complexity index is 257. The van der Waals surface area contributed by atoms with Gasteiger partial charge in [-0.1, -0.05) is 0 Å². The first-order valence-electron chi connectivity index (χ1n) is 9.20. The van der Waals surface area contributed by atoms with Gasteiger partial charge in [-0.15, -0.1) is 0 Å². The van der Waals surface area contributed by atoms with E-state index in [0.717, 1.165) is 15.0 Å². The van der Waals surface area contributed by atoms with Crippen molar-refractivity contribution in [3.8, 4) is 0 Å². The van der Waals surface area contributed by atoms with Crippen molar-refractivity contribution in [2.45, 2.75) is 97.4 Å². The van der Waals surface area contributed by atoms with Crippen molar-refractivity contribution in [1.29, 1.82) is 0 Å². The maximum atomic E-state index is 5.42. The first-order chi connectivity index (χ1) is 9.93. The van der Waals surface area contributed by atoms with Crippen LogP contribution in [0.15, 0.2) is 0 Å². The molecule has 0 saturated heterocycles. The zero-order chi connectivity index (χ0) is 16.3. The molecule has 0 bridgehead atoms. The third-order valence-corrected chi connectivity index (χ3v) is 22.5. The molecule has 1 nitrogen and oxygen atoms in total. The molecule has 0 saturated carbocycles. The van der Waals surface area contributed by atoms with Crippen molar-refractivity contribution >= 4 is 35.6 Å². The zero-order valence-electron chi connectivity index (χ0n) is 15.4. The molecule has 3 heteroatoms. The molecule has 0 fully saturated rings. The average Bonchev–Trinajstić information content (AvgIpc) is 2.44. The van der Waals surface area contributed by atoms with Crippen LogP contribution < -0.4 is 5.32 Å². The van der Waals surface area contributed by atoms with Gasteiger partial charge in [0.15, 0.2) is 0 Å². The third-order valence-electron chi connectivity index (χ3n) is 4.77. The van der Waals surface area contributed by atoms with Gasteiger partial charge in [-0.25, -0.2) is 0 Å². The molecule has 0 aromatic heterocycles. The predicted molar refractivity (Wildman–Crippen MR) is 105 cm³/mol. The number of hydrogen-bond acceptors (Lipinski definition) is 1. The number of hydrogen-bond donors (Lipinski definition) is 1. The Hall–Kier alpha value is 0.689. The van der Waals surface area contributed by atoms with Crippen molar-refractivity contribution in [3.05, 3.63) is 0 Å². The molecule has 0 aliphatic heterocycles. The Morgan fingerprint density at radius 2 is 1.29 bits per heavy atom. The van der Waals surface area contributed by atoms with Gasteiger partial charge in [0.25, 0.3) is 0 Å². The van der Waals surface area contributed by atoms with E-state index in [1.807, 2.05) is 0 Å². The molecule has 0 aliphatic carbocycles. The van der Waals surface area contributed by atoms with E-state index in [4.69, 9.17) is 12.2 Å². The summed E-state index contributed by atoms with van der Waals surface area (Å²) in [7, 11) is 0. The van der Waals surface area contributed by atoms with Crippen LogP contribution in [0.3, 0.4) is 0 Å². The fraction of sp³-hybridized carbons (Fsp3) is 0.944. The molecule has 0 radical (unpaired) electrons. The standard InChI is InChI=1S/C6H12NS.3C4H9.Sn/c1-5(2)4-7-6(3)8;3*1-3-4-2;/h4-5H,1-3H3,(H,7,8);3*1,3-4H2,2H3;. The molecule has 1 atom stereocenters. The molecule has 0 spiro atoms. The molecule has 0 aliphatic rings. The van der Waals surface area contributed by atoms with Gasteiger partial charge in [0, 0.05) is 0 Å². The van der Waals surface area contributed by atoms with E-state index >= 15 is 0 Å². The second kappa shape index (κ2) is 12.2. The molecule has 0 amide bonds.